The van der Waals surface area contributed by atoms with Gasteiger partial charge in [0.1, 0.15) is 0 Å². The average Bonchev–Trinajstić information content (AvgIpc) is 3.12. The molecule has 0 aromatic rings. The topological polar surface area (TPSA) is 52.6 Å². The highest BCUT2D eigenvalue weighted by atomic mass is 16.5. The first-order valence-corrected chi connectivity index (χ1v) is 10.0. The van der Waals surface area contributed by atoms with Crippen LogP contribution in [0.25, 0.3) is 0 Å². The Bertz CT molecular complexity index is 516. The van der Waals surface area contributed by atoms with Gasteiger partial charge in [-0.1, -0.05) is 38.8 Å². The van der Waals surface area contributed by atoms with E-state index in [1.165, 1.54) is 11.1 Å². The summed E-state index contributed by atoms with van der Waals surface area (Å²) in [5.74, 6) is -0.210. The third-order valence-electron chi connectivity index (χ3n) is 6.87. The van der Waals surface area contributed by atoms with Crippen molar-refractivity contribution >= 4 is 11.9 Å². The van der Waals surface area contributed by atoms with Gasteiger partial charge in [0.05, 0.1) is 24.0 Å². The lowest BCUT2D eigenvalue weighted by Crippen LogP contribution is -2.57. The Labute approximate surface area is 152 Å². The van der Waals surface area contributed by atoms with Gasteiger partial charge in [-0.25, -0.2) is 0 Å². The van der Waals surface area contributed by atoms with Crippen molar-refractivity contribution in [2.75, 3.05) is 13.2 Å². The molecule has 0 heterocycles. The number of carbonyl (C=O) groups is 2. The summed E-state index contributed by atoms with van der Waals surface area (Å²) in [6, 6.07) is 0. The van der Waals surface area contributed by atoms with E-state index in [0.717, 1.165) is 19.3 Å². The standard InChI is InChI=1S/C21H34O4/c1-7-14-15(8-2)17-13-16(14)20(9-3,18(22)24-11-5)21(17,10-4)19(23)25-12-6/h16-17H,7-13H2,1-6H3/t16-,17-,20?,21?/m0/s1. The molecule has 2 aliphatic carbocycles. The van der Waals surface area contributed by atoms with Crippen molar-refractivity contribution in [2.24, 2.45) is 22.7 Å². The number of hydrogen-bond acceptors (Lipinski definition) is 4. The predicted octanol–water partition coefficient (Wildman–Crippen LogP) is 4.67. The Kier molecular flexibility index (Phi) is 6.01. The summed E-state index contributed by atoms with van der Waals surface area (Å²) in [6.07, 6.45) is 3.98. The third kappa shape index (κ3) is 2.39. The van der Waals surface area contributed by atoms with Crippen LogP contribution in [-0.2, 0) is 19.1 Å². The van der Waals surface area contributed by atoms with Gasteiger partial charge in [-0.15, -0.1) is 0 Å². The number of rotatable bonds is 8. The van der Waals surface area contributed by atoms with Crippen LogP contribution in [0.5, 0.6) is 0 Å². The zero-order valence-electron chi connectivity index (χ0n) is 16.7. The van der Waals surface area contributed by atoms with Crippen LogP contribution in [0.2, 0.25) is 0 Å². The Balaban J connectivity index is 2.74. The Hall–Kier alpha value is -1.32. The van der Waals surface area contributed by atoms with Gasteiger partial charge >= 0.3 is 11.9 Å². The Morgan fingerprint density at radius 3 is 1.40 bits per heavy atom. The number of esters is 2. The molecule has 4 heteroatoms. The van der Waals surface area contributed by atoms with Gasteiger partial charge in [-0.2, -0.15) is 0 Å². The van der Waals surface area contributed by atoms with Crippen molar-refractivity contribution < 1.29 is 19.1 Å². The third-order valence-corrected chi connectivity index (χ3v) is 6.87. The second-order valence-electron chi connectivity index (χ2n) is 7.19. The van der Waals surface area contributed by atoms with Crippen LogP contribution in [0, 0.1) is 22.7 Å². The molecule has 0 aromatic heterocycles. The molecule has 4 atom stereocenters. The molecule has 0 radical (unpaired) electrons. The highest BCUT2D eigenvalue weighted by Crippen LogP contribution is 2.72. The fraction of sp³-hybridized carbons (Fsp3) is 0.810. The van der Waals surface area contributed by atoms with Crippen molar-refractivity contribution in [1.82, 2.24) is 0 Å². The zero-order chi connectivity index (χ0) is 18.8. The normalized spacial score (nSPS) is 33.7. The van der Waals surface area contributed by atoms with Crippen molar-refractivity contribution in [3.05, 3.63) is 11.1 Å². The molecule has 142 valence electrons. The highest BCUT2D eigenvalue weighted by Gasteiger charge is 2.75. The number of carbonyl (C=O) groups excluding carboxylic acids is 2. The molecule has 1 saturated carbocycles. The minimum Gasteiger partial charge on any atom is -0.466 e. The zero-order valence-corrected chi connectivity index (χ0v) is 16.7. The first-order valence-electron chi connectivity index (χ1n) is 10.0. The molecule has 0 aliphatic heterocycles. The van der Waals surface area contributed by atoms with Gasteiger partial charge in [0.25, 0.3) is 0 Å². The molecule has 2 rings (SSSR count). The summed E-state index contributed by atoms with van der Waals surface area (Å²) in [6.45, 7) is 12.7. The molecule has 2 bridgehead atoms. The van der Waals surface area contributed by atoms with Crippen LogP contribution in [0.3, 0.4) is 0 Å². The summed E-state index contributed by atoms with van der Waals surface area (Å²) in [4.78, 5) is 26.6. The quantitative estimate of drug-likeness (QED) is 0.471. The van der Waals surface area contributed by atoms with Crippen LogP contribution in [0.1, 0.15) is 73.6 Å². The lowest BCUT2D eigenvalue weighted by Gasteiger charge is -2.50. The van der Waals surface area contributed by atoms with E-state index in [1.54, 1.807) is 0 Å². The van der Waals surface area contributed by atoms with E-state index in [1.807, 2.05) is 27.7 Å². The van der Waals surface area contributed by atoms with Crippen molar-refractivity contribution in [3.63, 3.8) is 0 Å². The fourth-order valence-corrected chi connectivity index (χ4v) is 6.11. The van der Waals surface area contributed by atoms with E-state index >= 15 is 0 Å². The number of fused-ring (bicyclic) bond motifs is 2. The minimum atomic E-state index is -0.793. The van der Waals surface area contributed by atoms with E-state index in [9.17, 15) is 9.59 Å². The molecule has 0 spiro atoms. The van der Waals surface area contributed by atoms with E-state index in [4.69, 9.17) is 9.47 Å². The monoisotopic (exact) mass is 350 g/mol. The minimum absolute atomic E-state index is 0.103. The highest BCUT2D eigenvalue weighted by molar-refractivity contribution is 5.92. The van der Waals surface area contributed by atoms with E-state index in [0.29, 0.717) is 26.1 Å². The van der Waals surface area contributed by atoms with Crippen LogP contribution >= 0.6 is 0 Å². The maximum Gasteiger partial charge on any atom is 0.313 e. The molecule has 0 saturated heterocycles. The summed E-state index contributed by atoms with van der Waals surface area (Å²) >= 11 is 0. The lowest BCUT2D eigenvalue weighted by atomic mass is 9.52. The maximum absolute atomic E-state index is 13.3. The van der Waals surface area contributed by atoms with Gasteiger partial charge in [-0.05, 0) is 57.8 Å². The second-order valence-corrected chi connectivity index (χ2v) is 7.19. The summed E-state index contributed by atoms with van der Waals surface area (Å²) < 4.78 is 11.1. The van der Waals surface area contributed by atoms with Crippen LogP contribution in [-0.4, -0.2) is 25.2 Å². The molecule has 4 nitrogen and oxygen atoms in total. The molecule has 25 heavy (non-hydrogen) atoms. The first-order chi connectivity index (χ1) is 12.0. The van der Waals surface area contributed by atoms with Gasteiger partial charge in [0, 0.05) is 0 Å². The van der Waals surface area contributed by atoms with Gasteiger partial charge in [0.15, 0.2) is 0 Å². The second kappa shape index (κ2) is 7.51. The Morgan fingerprint density at radius 1 is 0.800 bits per heavy atom. The van der Waals surface area contributed by atoms with E-state index < -0.39 is 10.8 Å². The molecule has 1 fully saturated rings. The summed E-state index contributed by atoms with van der Waals surface area (Å²) in [5.41, 5.74) is 1.18. The lowest BCUT2D eigenvalue weighted by molar-refractivity contribution is -0.185. The van der Waals surface area contributed by atoms with E-state index in [2.05, 4.69) is 13.8 Å². The largest absolute Gasteiger partial charge is 0.466 e. The maximum atomic E-state index is 13.3. The van der Waals surface area contributed by atoms with Crippen molar-refractivity contribution in [3.8, 4) is 0 Å². The molecule has 2 aliphatic rings. The van der Waals surface area contributed by atoms with Gasteiger partial charge < -0.3 is 9.47 Å². The average molecular weight is 350 g/mol. The molecule has 0 N–H and O–H groups in total. The summed E-state index contributed by atoms with van der Waals surface area (Å²) in [5, 5.41) is 0. The molecule has 0 aromatic carbocycles. The number of hydrogen-bond donors (Lipinski definition) is 0. The Morgan fingerprint density at radius 2 is 1.16 bits per heavy atom. The number of ether oxygens (including phenoxy) is 2. The smallest absolute Gasteiger partial charge is 0.313 e. The number of allylic oxidation sites excluding steroid dienone is 2. The van der Waals surface area contributed by atoms with Crippen LogP contribution < -0.4 is 0 Å². The molecular weight excluding hydrogens is 316 g/mol. The SMILES string of the molecule is CCOC(=O)C1(CC)[C@H]2C[C@@H](C(CC)=C2CC)C1(CC)C(=O)OCC. The first kappa shape index (κ1) is 20.0. The van der Waals surface area contributed by atoms with Gasteiger partial charge in [0.2, 0.25) is 0 Å². The van der Waals surface area contributed by atoms with Crippen molar-refractivity contribution in [1.29, 1.82) is 0 Å². The molecular formula is C21H34O4. The predicted molar refractivity (Wildman–Crippen MR) is 97.9 cm³/mol. The van der Waals surface area contributed by atoms with Gasteiger partial charge in [-0.3, -0.25) is 9.59 Å². The van der Waals surface area contributed by atoms with Crippen molar-refractivity contribution in [2.45, 2.75) is 73.6 Å². The van der Waals surface area contributed by atoms with Crippen LogP contribution in [0.4, 0.5) is 0 Å². The molecule has 0 amide bonds. The molecule has 2 unspecified atom stereocenters. The van der Waals surface area contributed by atoms with E-state index in [-0.39, 0.29) is 23.8 Å². The fourth-order valence-electron chi connectivity index (χ4n) is 6.11. The van der Waals surface area contributed by atoms with Crippen LogP contribution in [0.15, 0.2) is 11.1 Å². The summed E-state index contributed by atoms with van der Waals surface area (Å²) in [7, 11) is 0.